The second-order valence-electron chi connectivity index (χ2n) is 11.7. The Morgan fingerprint density at radius 2 is 1.73 bits per heavy atom. The van der Waals surface area contributed by atoms with Crippen molar-refractivity contribution in [3.8, 4) is 17.1 Å². The van der Waals surface area contributed by atoms with E-state index in [2.05, 4.69) is 43.7 Å². The fraction of sp³-hybridized carbons (Fsp3) is 0.571. The molecule has 2 atom stereocenters. The quantitative estimate of drug-likeness (QED) is 0.408. The summed E-state index contributed by atoms with van der Waals surface area (Å²) in [5.74, 6) is 0.296. The molecule has 3 aromatic rings. The van der Waals surface area contributed by atoms with Crippen molar-refractivity contribution in [2.45, 2.75) is 58.7 Å². The van der Waals surface area contributed by atoms with Gasteiger partial charge in [0.25, 0.3) is 0 Å². The number of aromatic nitrogens is 5. The maximum absolute atomic E-state index is 12.4. The third-order valence-corrected chi connectivity index (χ3v) is 9.54. The minimum Gasteiger partial charge on any atom is -0.395 e. The van der Waals surface area contributed by atoms with Gasteiger partial charge in [0.15, 0.2) is 0 Å². The highest BCUT2D eigenvalue weighted by molar-refractivity contribution is 7.92. The van der Waals surface area contributed by atoms with E-state index < -0.39 is 16.6 Å². The Morgan fingerprint density at radius 1 is 1.00 bits per heavy atom. The predicted molar refractivity (Wildman–Crippen MR) is 157 cm³/mol. The molecule has 1 aromatic carbocycles. The number of rotatable bonds is 8. The van der Waals surface area contributed by atoms with Crippen LogP contribution in [0.15, 0.2) is 30.5 Å². The maximum Gasteiger partial charge on any atom is 0.234 e. The molecular formula is C28H38N8O4S. The lowest BCUT2D eigenvalue weighted by Crippen LogP contribution is -2.46. The first-order chi connectivity index (χ1) is 19.6. The summed E-state index contributed by atoms with van der Waals surface area (Å²) in [4.78, 5) is 14.0. The van der Waals surface area contributed by atoms with Crippen molar-refractivity contribution in [2.24, 2.45) is 5.41 Å². The minimum atomic E-state index is -3.65. The normalized spacial score (nSPS) is 22.2. The summed E-state index contributed by atoms with van der Waals surface area (Å²) in [6, 6.07) is 7.34. The van der Waals surface area contributed by atoms with Crippen LogP contribution in [0.4, 0.5) is 17.3 Å². The molecule has 3 aliphatic rings. The summed E-state index contributed by atoms with van der Waals surface area (Å²) in [5, 5.41) is 18.1. The SMILES string of the molecule is Cc1cc(-c2cn(-c3ccc(NS(=O)(=O)CCO)cc3N3CCC4(CC3)CC4)nn2)nc(N2C[C@@H](C)O[C@@H](C)C2)n1. The molecule has 12 nitrogen and oxygen atoms in total. The lowest BCUT2D eigenvalue weighted by atomic mass is 9.93. The van der Waals surface area contributed by atoms with Crippen molar-refractivity contribution in [3.05, 3.63) is 36.2 Å². The van der Waals surface area contributed by atoms with Crippen LogP contribution in [0.1, 0.15) is 45.2 Å². The summed E-state index contributed by atoms with van der Waals surface area (Å²) in [7, 11) is -3.65. The van der Waals surface area contributed by atoms with E-state index in [1.54, 1.807) is 10.7 Å². The first kappa shape index (κ1) is 27.9. The summed E-state index contributed by atoms with van der Waals surface area (Å²) in [6.07, 6.45) is 6.87. The van der Waals surface area contributed by atoms with E-state index in [4.69, 9.17) is 14.8 Å². The third kappa shape index (κ3) is 6.16. The number of sulfonamides is 1. The molecule has 1 aliphatic carbocycles. The van der Waals surface area contributed by atoms with Crippen LogP contribution in [-0.2, 0) is 14.8 Å². The second-order valence-corrected chi connectivity index (χ2v) is 13.6. The molecule has 13 heteroatoms. The van der Waals surface area contributed by atoms with Gasteiger partial charge in [0, 0.05) is 31.9 Å². The van der Waals surface area contributed by atoms with Crippen LogP contribution in [0.3, 0.4) is 0 Å². The average molecular weight is 583 g/mol. The molecule has 2 aliphatic heterocycles. The Kier molecular flexibility index (Phi) is 7.37. The van der Waals surface area contributed by atoms with Crippen LogP contribution in [-0.4, -0.2) is 89.2 Å². The number of anilines is 3. The molecule has 41 heavy (non-hydrogen) atoms. The highest BCUT2D eigenvalue weighted by Crippen LogP contribution is 2.54. The second kappa shape index (κ2) is 10.8. The van der Waals surface area contributed by atoms with Crippen molar-refractivity contribution < 1.29 is 18.3 Å². The van der Waals surface area contributed by atoms with Crippen LogP contribution in [0.2, 0.25) is 0 Å². The zero-order chi connectivity index (χ0) is 28.8. The summed E-state index contributed by atoms with van der Waals surface area (Å²) < 4.78 is 34.9. The highest BCUT2D eigenvalue weighted by Gasteiger charge is 2.44. The predicted octanol–water partition coefficient (Wildman–Crippen LogP) is 2.76. The number of morpholine rings is 1. The fourth-order valence-corrected chi connectivity index (χ4v) is 6.78. The fourth-order valence-electron chi connectivity index (χ4n) is 5.95. The van der Waals surface area contributed by atoms with Gasteiger partial charge in [-0.15, -0.1) is 5.10 Å². The van der Waals surface area contributed by atoms with E-state index in [0.717, 1.165) is 56.1 Å². The molecule has 2 N–H and O–H groups in total. The van der Waals surface area contributed by atoms with Gasteiger partial charge in [0.1, 0.15) is 5.69 Å². The maximum atomic E-state index is 12.4. The van der Waals surface area contributed by atoms with Crippen molar-refractivity contribution >= 4 is 27.3 Å². The first-order valence-electron chi connectivity index (χ1n) is 14.3. The molecule has 220 valence electrons. The first-order valence-corrected chi connectivity index (χ1v) is 16.0. The Balaban J connectivity index is 1.32. The molecule has 4 heterocycles. The molecule has 2 aromatic heterocycles. The standard InChI is InChI=1S/C28H38N8O4S/c1-19-14-23(30-27(29-19)35-16-20(2)40-21(3)17-35)24-18-36(33-31-24)25-5-4-22(32-41(38,39)13-12-37)15-26(25)34-10-8-28(6-7-28)9-11-34/h4-5,14-15,18,20-21,32,37H,6-13,16-17H2,1-3H3/t20-,21+. The van der Waals surface area contributed by atoms with Gasteiger partial charge in [-0.1, -0.05) is 5.21 Å². The Morgan fingerprint density at radius 3 is 2.41 bits per heavy atom. The number of aliphatic hydroxyl groups is 1. The molecule has 1 spiro atoms. The number of nitrogens with one attached hydrogen (secondary N) is 1. The Bertz CT molecular complexity index is 1500. The number of hydrogen-bond donors (Lipinski definition) is 2. The molecule has 0 bridgehead atoms. The average Bonchev–Trinajstić information content (AvgIpc) is 3.48. The number of piperidine rings is 1. The monoisotopic (exact) mass is 582 g/mol. The largest absolute Gasteiger partial charge is 0.395 e. The molecule has 1 saturated carbocycles. The van der Waals surface area contributed by atoms with Gasteiger partial charge < -0.3 is 19.6 Å². The van der Waals surface area contributed by atoms with Gasteiger partial charge in [-0.2, -0.15) is 0 Å². The van der Waals surface area contributed by atoms with Gasteiger partial charge in [0.05, 0.1) is 53.5 Å². The molecule has 0 unspecified atom stereocenters. The molecular weight excluding hydrogens is 544 g/mol. The van der Waals surface area contributed by atoms with Crippen molar-refractivity contribution in [1.29, 1.82) is 0 Å². The Labute approximate surface area is 240 Å². The van der Waals surface area contributed by atoms with Crippen LogP contribution in [0.5, 0.6) is 0 Å². The van der Waals surface area contributed by atoms with Crippen molar-refractivity contribution in [3.63, 3.8) is 0 Å². The van der Waals surface area contributed by atoms with Gasteiger partial charge in [-0.05, 0) is 76.1 Å². The van der Waals surface area contributed by atoms with E-state index in [1.165, 1.54) is 12.8 Å². The molecule has 6 rings (SSSR count). The number of benzene rings is 1. The number of aliphatic hydroxyl groups excluding tert-OH is 1. The summed E-state index contributed by atoms with van der Waals surface area (Å²) in [6.45, 7) is 8.84. The Hall–Kier alpha value is -3.29. The van der Waals surface area contributed by atoms with E-state index in [0.29, 0.717) is 28.4 Å². The summed E-state index contributed by atoms with van der Waals surface area (Å²) >= 11 is 0. The van der Waals surface area contributed by atoms with Crippen LogP contribution in [0.25, 0.3) is 17.1 Å². The van der Waals surface area contributed by atoms with Gasteiger partial charge >= 0.3 is 0 Å². The van der Waals surface area contributed by atoms with Crippen LogP contribution >= 0.6 is 0 Å². The van der Waals surface area contributed by atoms with Gasteiger partial charge in [0.2, 0.25) is 16.0 Å². The molecule has 0 radical (unpaired) electrons. The van der Waals surface area contributed by atoms with E-state index in [9.17, 15) is 8.42 Å². The lowest BCUT2D eigenvalue weighted by Gasteiger charge is -2.35. The molecule has 0 amide bonds. The third-order valence-electron chi connectivity index (χ3n) is 8.28. The van der Waals surface area contributed by atoms with Crippen molar-refractivity contribution in [1.82, 2.24) is 25.0 Å². The van der Waals surface area contributed by atoms with E-state index >= 15 is 0 Å². The number of hydrogen-bond acceptors (Lipinski definition) is 10. The minimum absolute atomic E-state index is 0.0891. The zero-order valence-corrected chi connectivity index (χ0v) is 24.6. The van der Waals surface area contributed by atoms with E-state index in [1.807, 2.05) is 31.3 Å². The van der Waals surface area contributed by atoms with Crippen LogP contribution in [0, 0.1) is 12.3 Å². The molecule has 3 fully saturated rings. The van der Waals surface area contributed by atoms with Crippen LogP contribution < -0.4 is 14.5 Å². The van der Waals surface area contributed by atoms with E-state index in [-0.39, 0.29) is 18.0 Å². The zero-order valence-electron chi connectivity index (χ0n) is 23.8. The molecule has 2 saturated heterocycles. The summed E-state index contributed by atoms with van der Waals surface area (Å²) in [5.41, 5.74) is 4.80. The van der Waals surface area contributed by atoms with Gasteiger partial charge in [-0.25, -0.2) is 23.1 Å². The number of aryl methyl sites for hydroxylation is 1. The topological polar surface area (TPSA) is 139 Å². The highest BCUT2D eigenvalue weighted by atomic mass is 32.2. The smallest absolute Gasteiger partial charge is 0.234 e. The number of ether oxygens (including phenoxy) is 1. The lowest BCUT2D eigenvalue weighted by molar-refractivity contribution is -0.00572. The van der Waals surface area contributed by atoms with Gasteiger partial charge in [-0.3, -0.25) is 4.72 Å². The van der Waals surface area contributed by atoms with Crippen molar-refractivity contribution in [2.75, 3.05) is 53.1 Å². The number of nitrogens with zero attached hydrogens (tertiary/aromatic N) is 7.